The zero-order chi connectivity index (χ0) is 20.9. The van der Waals surface area contributed by atoms with Crippen molar-refractivity contribution < 1.29 is 9.53 Å². The number of thioether (sulfide) groups is 1. The minimum Gasteiger partial charge on any atom is -0.492 e. The Morgan fingerprint density at radius 3 is 2.93 bits per heavy atom. The number of benzene rings is 1. The number of amides is 1. The minimum absolute atomic E-state index is 0.00351. The lowest BCUT2D eigenvalue weighted by molar-refractivity contribution is -0.123. The number of anilines is 1. The van der Waals surface area contributed by atoms with Crippen LogP contribution in [0.1, 0.15) is 19.0 Å². The summed E-state index contributed by atoms with van der Waals surface area (Å²) in [6.07, 6.45) is 1.71. The third-order valence-electron chi connectivity index (χ3n) is 4.66. The largest absolute Gasteiger partial charge is 0.492 e. The average Bonchev–Trinajstić information content (AvgIpc) is 2.73. The predicted octanol–water partition coefficient (Wildman–Crippen LogP) is 2.70. The fourth-order valence-electron chi connectivity index (χ4n) is 3.33. The number of pyridine rings is 1. The highest BCUT2D eigenvalue weighted by molar-refractivity contribution is 7.99. The van der Waals surface area contributed by atoms with E-state index < -0.39 is 6.29 Å². The van der Waals surface area contributed by atoms with E-state index in [9.17, 15) is 4.79 Å². The van der Waals surface area contributed by atoms with Crippen molar-refractivity contribution in [2.24, 2.45) is 0 Å². The van der Waals surface area contributed by atoms with Crippen LogP contribution in [0.15, 0.2) is 47.6 Å². The molecule has 3 heterocycles. The van der Waals surface area contributed by atoms with Gasteiger partial charge < -0.3 is 15.4 Å². The van der Waals surface area contributed by atoms with Gasteiger partial charge in [-0.1, -0.05) is 18.2 Å². The topological polar surface area (TPSA) is 101 Å². The molecule has 8 nitrogen and oxygen atoms in total. The lowest BCUT2D eigenvalue weighted by atomic mass is 10.2. The summed E-state index contributed by atoms with van der Waals surface area (Å²) in [6, 6.07) is 11.6. The Hall–Kier alpha value is -2.91. The van der Waals surface area contributed by atoms with Crippen LogP contribution in [0, 0.1) is 6.92 Å². The minimum atomic E-state index is -0.461. The molecule has 0 bridgehead atoms. The summed E-state index contributed by atoms with van der Waals surface area (Å²) in [5.41, 5.74) is 1.59. The smallest absolute Gasteiger partial charge is 0.226 e. The molecule has 1 aromatic carbocycles. The van der Waals surface area contributed by atoms with Crippen LogP contribution in [-0.2, 0) is 4.79 Å². The van der Waals surface area contributed by atoms with Gasteiger partial charge in [0.15, 0.2) is 6.29 Å². The number of para-hydroxylation sites is 1. The summed E-state index contributed by atoms with van der Waals surface area (Å²) in [4.78, 5) is 25.7. The summed E-state index contributed by atoms with van der Waals surface area (Å²) in [6.45, 7) is 4.43. The van der Waals surface area contributed by atoms with Gasteiger partial charge in [-0.2, -0.15) is 0 Å². The third-order valence-corrected chi connectivity index (χ3v) is 5.77. The molecule has 1 fully saturated rings. The van der Waals surface area contributed by atoms with Crippen LogP contribution >= 0.6 is 11.8 Å². The van der Waals surface area contributed by atoms with E-state index in [1.165, 1.54) is 0 Å². The molecule has 2 aromatic heterocycles. The third kappa shape index (κ3) is 4.80. The molecule has 0 saturated carbocycles. The number of hydrogen-bond donors (Lipinski definition) is 3. The second kappa shape index (κ2) is 9.27. The van der Waals surface area contributed by atoms with E-state index in [0.29, 0.717) is 24.7 Å². The molecule has 0 radical (unpaired) electrons. The molecular weight excluding hydrogens is 400 g/mol. The lowest BCUT2D eigenvalue weighted by Gasteiger charge is -2.31. The van der Waals surface area contributed by atoms with E-state index >= 15 is 0 Å². The Morgan fingerprint density at radius 2 is 2.13 bits per heavy atom. The standard InChI is InChI=1S/C21H24N6O2S/c1-3-29-16-8-6-7-15-13(2)23-20(26-19(15)16)27-21-24-14(11-17(28)25-21)12-30-18-9-4-5-10-22-18/h4-10,14,21,24H,3,11-12H2,1-2H3,(H,25,28)(H,23,26,27). The number of rotatable bonds is 7. The molecule has 1 aliphatic rings. The quantitative estimate of drug-likeness (QED) is 0.498. The summed E-state index contributed by atoms with van der Waals surface area (Å²) in [7, 11) is 0. The number of ether oxygens (including phenoxy) is 1. The zero-order valence-electron chi connectivity index (χ0n) is 16.9. The van der Waals surface area contributed by atoms with Crippen LogP contribution in [0.25, 0.3) is 10.9 Å². The van der Waals surface area contributed by atoms with Crippen molar-refractivity contribution in [1.29, 1.82) is 0 Å². The van der Waals surface area contributed by atoms with Crippen molar-refractivity contribution in [2.45, 2.75) is 37.6 Å². The summed E-state index contributed by atoms with van der Waals surface area (Å²) in [5.74, 6) is 1.86. The molecule has 0 aliphatic carbocycles. The molecular formula is C21H24N6O2S. The summed E-state index contributed by atoms with van der Waals surface area (Å²) < 4.78 is 5.72. The van der Waals surface area contributed by atoms with Gasteiger partial charge in [-0.05, 0) is 32.0 Å². The fraction of sp³-hybridized carbons (Fsp3) is 0.333. The van der Waals surface area contributed by atoms with Crippen LogP contribution < -0.4 is 20.7 Å². The molecule has 156 valence electrons. The van der Waals surface area contributed by atoms with Crippen molar-refractivity contribution in [1.82, 2.24) is 25.6 Å². The number of fused-ring (bicyclic) bond motifs is 1. The highest BCUT2D eigenvalue weighted by Crippen LogP contribution is 2.26. The highest BCUT2D eigenvalue weighted by Gasteiger charge is 2.26. The van der Waals surface area contributed by atoms with Gasteiger partial charge in [0.1, 0.15) is 11.3 Å². The van der Waals surface area contributed by atoms with Crippen molar-refractivity contribution in [3.05, 3.63) is 48.3 Å². The van der Waals surface area contributed by atoms with E-state index in [2.05, 4.69) is 30.9 Å². The van der Waals surface area contributed by atoms with Gasteiger partial charge in [-0.15, -0.1) is 11.8 Å². The van der Waals surface area contributed by atoms with Crippen LogP contribution in [-0.4, -0.2) is 45.6 Å². The van der Waals surface area contributed by atoms with Gasteiger partial charge in [-0.3, -0.25) is 10.1 Å². The monoisotopic (exact) mass is 424 g/mol. The van der Waals surface area contributed by atoms with E-state index in [-0.39, 0.29) is 11.9 Å². The van der Waals surface area contributed by atoms with Crippen LogP contribution in [0.3, 0.4) is 0 Å². The number of carbonyl (C=O) groups excluding carboxylic acids is 1. The van der Waals surface area contributed by atoms with Crippen LogP contribution in [0.4, 0.5) is 5.95 Å². The maximum absolute atomic E-state index is 12.2. The van der Waals surface area contributed by atoms with E-state index in [1.807, 2.05) is 50.2 Å². The van der Waals surface area contributed by atoms with Gasteiger partial charge in [-0.25, -0.2) is 15.0 Å². The lowest BCUT2D eigenvalue weighted by Crippen LogP contribution is -2.60. The first-order chi connectivity index (χ1) is 14.6. The molecule has 3 aromatic rings. The van der Waals surface area contributed by atoms with Crippen molar-refractivity contribution >= 4 is 34.5 Å². The van der Waals surface area contributed by atoms with Crippen LogP contribution in [0.5, 0.6) is 5.75 Å². The molecule has 0 spiro atoms. The number of nitrogens with one attached hydrogen (secondary N) is 3. The van der Waals surface area contributed by atoms with Gasteiger partial charge in [0.2, 0.25) is 11.9 Å². The molecule has 3 N–H and O–H groups in total. The molecule has 30 heavy (non-hydrogen) atoms. The van der Waals surface area contributed by atoms with Crippen molar-refractivity contribution in [2.75, 3.05) is 17.7 Å². The fourth-order valence-corrected chi connectivity index (χ4v) is 4.22. The Morgan fingerprint density at radius 1 is 1.23 bits per heavy atom. The number of hydrogen-bond acceptors (Lipinski definition) is 8. The highest BCUT2D eigenvalue weighted by atomic mass is 32.2. The Kier molecular flexibility index (Phi) is 6.29. The van der Waals surface area contributed by atoms with Crippen molar-refractivity contribution in [3.63, 3.8) is 0 Å². The molecule has 2 atom stereocenters. The molecule has 1 aliphatic heterocycles. The number of aryl methyl sites for hydroxylation is 1. The Labute approximate surface area is 179 Å². The number of nitrogens with zero attached hydrogens (tertiary/aromatic N) is 3. The van der Waals surface area contributed by atoms with E-state index in [0.717, 1.165) is 27.4 Å². The SMILES string of the molecule is CCOc1cccc2c(C)nc(NC3NC(=O)CC(CSc4ccccn4)N3)nc12. The maximum atomic E-state index is 12.2. The number of aromatic nitrogens is 3. The van der Waals surface area contributed by atoms with E-state index in [1.54, 1.807) is 18.0 Å². The summed E-state index contributed by atoms with van der Waals surface area (Å²) >= 11 is 1.62. The molecule has 2 unspecified atom stereocenters. The Bertz CT molecular complexity index is 1030. The van der Waals surface area contributed by atoms with E-state index in [4.69, 9.17) is 4.74 Å². The normalized spacial score (nSPS) is 18.8. The predicted molar refractivity (Wildman–Crippen MR) is 117 cm³/mol. The second-order valence-corrected chi connectivity index (χ2v) is 7.95. The zero-order valence-corrected chi connectivity index (χ0v) is 17.7. The van der Waals surface area contributed by atoms with Crippen molar-refractivity contribution in [3.8, 4) is 5.75 Å². The first-order valence-corrected chi connectivity index (χ1v) is 10.9. The molecule has 4 rings (SSSR count). The summed E-state index contributed by atoms with van der Waals surface area (Å²) in [5, 5.41) is 11.4. The van der Waals surface area contributed by atoms with Crippen LogP contribution in [0.2, 0.25) is 0 Å². The average molecular weight is 425 g/mol. The molecule has 1 saturated heterocycles. The van der Waals surface area contributed by atoms with Gasteiger partial charge >= 0.3 is 0 Å². The first kappa shape index (κ1) is 20.4. The van der Waals surface area contributed by atoms with Gasteiger partial charge in [0, 0.05) is 29.8 Å². The maximum Gasteiger partial charge on any atom is 0.226 e. The first-order valence-electron chi connectivity index (χ1n) is 9.88. The molecule has 9 heteroatoms. The van der Waals surface area contributed by atoms with Gasteiger partial charge in [0.25, 0.3) is 0 Å². The Balaban J connectivity index is 1.48. The van der Waals surface area contributed by atoms with Gasteiger partial charge in [0.05, 0.1) is 17.3 Å². The second-order valence-electron chi connectivity index (χ2n) is 6.91. The number of carbonyl (C=O) groups is 1. The molecule has 1 amide bonds.